The Balaban J connectivity index is 4.00. The molecule has 0 aromatic rings. The number of thioether (sulfide) groups is 1. The molecule has 108 valence electrons. The second kappa shape index (κ2) is 9.53. The van der Waals surface area contributed by atoms with Crippen LogP contribution >= 0.6 is 11.8 Å². The van der Waals surface area contributed by atoms with Crippen molar-refractivity contribution in [2.24, 2.45) is 0 Å². The van der Waals surface area contributed by atoms with Crippen molar-refractivity contribution in [2.75, 3.05) is 12.4 Å². The van der Waals surface area contributed by atoms with Crippen molar-refractivity contribution >= 4 is 17.7 Å². The van der Waals surface area contributed by atoms with Gasteiger partial charge in [0.1, 0.15) is 5.25 Å². The quantitative estimate of drug-likeness (QED) is 0.470. The minimum Gasteiger partial charge on any atom is -0.465 e. The fraction of sp³-hybridized carbons (Fsp3) is 0.917. The van der Waals surface area contributed by atoms with Crippen molar-refractivity contribution in [1.82, 2.24) is 0 Å². The van der Waals surface area contributed by atoms with Crippen molar-refractivity contribution in [3.63, 3.8) is 0 Å². The topological polar surface area (TPSA) is 26.3 Å². The van der Waals surface area contributed by atoms with Gasteiger partial charge in [0.2, 0.25) is 0 Å². The molecule has 0 aliphatic carbocycles. The van der Waals surface area contributed by atoms with Gasteiger partial charge in [-0.1, -0.05) is 26.7 Å². The van der Waals surface area contributed by atoms with Gasteiger partial charge >= 0.3 is 12.1 Å². The monoisotopic (exact) mass is 286 g/mol. The van der Waals surface area contributed by atoms with E-state index in [0.717, 1.165) is 31.0 Å². The van der Waals surface area contributed by atoms with E-state index in [1.807, 2.05) is 13.8 Å². The fourth-order valence-corrected chi connectivity index (χ4v) is 2.50. The SMILES string of the molecule is CCCCOC(=O)C(CCC)SCCC(F)(F)F. The molecule has 0 aromatic carbocycles. The summed E-state index contributed by atoms with van der Waals surface area (Å²) in [7, 11) is 0. The molecule has 0 N–H and O–H groups in total. The molecule has 0 amide bonds. The number of unbranched alkanes of at least 4 members (excludes halogenated alkanes) is 1. The molecule has 0 saturated heterocycles. The van der Waals surface area contributed by atoms with Gasteiger partial charge in [-0.25, -0.2) is 0 Å². The van der Waals surface area contributed by atoms with Gasteiger partial charge in [-0.2, -0.15) is 13.2 Å². The molecule has 6 heteroatoms. The summed E-state index contributed by atoms with van der Waals surface area (Å²) in [6.07, 6.45) is -1.99. The van der Waals surface area contributed by atoms with Gasteiger partial charge < -0.3 is 4.74 Å². The highest BCUT2D eigenvalue weighted by Crippen LogP contribution is 2.26. The summed E-state index contributed by atoms with van der Waals surface area (Å²) in [5, 5.41) is -0.464. The minimum absolute atomic E-state index is 0.0863. The second-order valence-corrected chi connectivity index (χ2v) is 5.34. The number of rotatable bonds is 9. The maximum Gasteiger partial charge on any atom is 0.389 e. The zero-order chi connectivity index (χ0) is 14.0. The first-order valence-corrected chi connectivity index (χ1v) is 7.30. The third-order valence-corrected chi connectivity index (χ3v) is 3.53. The van der Waals surface area contributed by atoms with Crippen LogP contribution in [0.2, 0.25) is 0 Å². The van der Waals surface area contributed by atoms with Crippen molar-refractivity contribution in [1.29, 1.82) is 0 Å². The molecule has 0 aliphatic heterocycles. The summed E-state index contributed by atoms with van der Waals surface area (Å²) in [5.74, 6) is -0.464. The highest BCUT2D eigenvalue weighted by molar-refractivity contribution is 8.00. The molecule has 1 unspecified atom stereocenters. The Bertz CT molecular complexity index is 232. The van der Waals surface area contributed by atoms with Crippen LogP contribution in [0.3, 0.4) is 0 Å². The average molecular weight is 286 g/mol. The second-order valence-electron chi connectivity index (χ2n) is 4.03. The molecule has 2 nitrogen and oxygen atoms in total. The largest absolute Gasteiger partial charge is 0.465 e. The van der Waals surface area contributed by atoms with Crippen LogP contribution in [0.15, 0.2) is 0 Å². The predicted molar refractivity (Wildman–Crippen MR) is 67.7 cm³/mol. The molecule has 0 saturated carbocycles. The first kappa shape index (κ1) is 17.6. The zero-order valence-corrected chi connectivity index (χ0v) is 11.7. The number of esters is 1. The standard InChI is InChI=1S/C12H21F3O2S/c1-3-5-8-17-11(16)10(6-4-2)18-9-7-12(13,14)15/h10H,3-9H2,1-2H3. The van der Waals surface area contributed by atoms with Crippen molar-refractivity contribution < 1.29 is 22.7 Å². The Morgan fingerprint density at radius 1 is 1.28 bits per heavy atom. The van der Waals surface area contributed by atoms with Crippen LogP contribution in [0.1, 0.15) is 46.0 Å². The number of ether oxygens (including phenoxy) is 1. The van der Waals surface area contributed by atoms with Crippen LogP contribution in [-0.2, 0) is 9.53 Å². The summed E-state index contributed by atoms with van der Waals surface area (Å²) in [4.78, 5) is 11.6. The molecule has 0 rings (SSSR count). The number of alkyl halides is 3. The lowest BCUT2D eigenvalue weighted by Gasteiger charge is -2.15. The molecule has 1 atom stereocenters. The van der Waals surface area contributed by atoms with E-state index in [0.29, 0.717) is 13.0 Å². The highest BCUT2D eigenvalue weighted by Gasteiger charge is 2.28. The molecule has 18 heavy (non-hydrogen) atoms. The summed E-state index contributed by atoms with van der Waals surface area (Å²) in [6.45, 7) is 4.24. The smallest absolute Gasteiger partial charge is 0.389 e. The lowest BCUT2D eigenvalue weighted by molar-refractivity contribution is -0.143. The molecule has 0 spiro atoms. The number of carbonyl (C=O) groups excluding carboxylic acids is 1. The molecule has 0 radical (unpaired) electrons. The van der Waals surface area contributed by atoms with E-state index in [9.17, 15) is 18.0 Å². The maximum absolute atomic E-state index is 12.0. The summed E-state index contributed by atoms with van der Waals surface area (Å²) in [6, 6.07) is 0. The molecular formula is C12H21F3O2S. The van der Waals surface area contributed by atoms with Gasteiger partial charge in [0, 0.05) is 5.75 Å². The van der Waals surface area contributed by atoms with E-state index in [4.69, 9.17) is 4.74 Å². The average Bonchev–Trinajstić information content (AvgIpc) is 2.26. The van der Waals surface area contributed by atoms with E-state index in [-0.39, 0.29) is 11.7 Å². The molecule has 0 aromatic heterocycles. The highest BCUT2D eigenvalue weighted by atomic mass is 32.2. The first-order valence-electron chi connectivity index (χ1n) is 6.25. The van der Waals surface area contributed by atoms with Crippen molar-refractivity contribution in [3.8, 4) is 0 Å². The summed E-state index contributed by atoms with van der Waals surface area (Å²) in [5.41, 5.74) is 0. The van der Waals surface area contributed by atoms with Crippen molar-refractivity contribution in [2.45, 2.75) is 57.4 Å². The van der Waals surface area contributed by atoms with Crippen LogP contribution in [-0.4, -0.2) is 29.8 Å². The van der Waals surface area contributed by atoms with E-state index in [1.54, 1.807) is 0 Å². The summed E-state index contributed by atoms with van der Waals surface area (Å²) < 4.78 is 41.1. The van der Waals surface area contributed by atoms with Gasteiger partial charge in [0.05, 0.1) is 13.0 Å². The Hall–Kier alpha value is -0.390. The van der Waals surface area contributed by atoms with Gasteiger partial charge in [-0.05, 0) is 12.8 Å². The Kier molecular flexibility index (Phi) is 9.32. The van der Waals surface area contributed by atoms with Crippen LogP contribution in [0.25, 0.3) is 0 Å². The Morgan fingerprint density at radius 3 is 2.44 bits per heavy atom. The lowest BCUT2D eigenvalue weighted by Crippen LogP contribution is -2.22. The zero-order valence-electron chi connectivity index (χ0n) is 10.9. The van der Waals surface area contributed by atoms with Gasteiger partial charge in [-0.15, -0.1) is 11.8 Å². The molecular weight excluding hydrogens is 265 g/mol. The van der Waals surface area contributed by atoms with E-state index < -0.39 is 17.8 Å². The van der Waals surface area contributed by atoms with Crippen LogP contribution in [0, 0.1) is 0 Å². The van der Waals surface area contributed by atoms with Crippen LogP contribution in [0.5, 0.6) is 0 Å². The maximum atomic E-state index is 12.0. The van der Waals surface area contributed by atoms with Gasteiger partial charge in [0.25, 0.3) is 0 Å². The third-order valence-electron chi connectivity index (χ3n) is 2.26. The fourth-order valence-electron chi connectivity index (χ4n) is 1.26. The van der Waals surface area contributed by atoms with Crippen LogP contribution < -0.4 is 0 Å². The Morgan fingerprint density at radius 2 is 1.94 bits per heavy atom. The number of carbonyl (C=O) groups is 1. The van der Waals surface area contributed by atoms with E-state index >= 15 is 0 Å². The lowest BCUT2D eigenvalue weighted by atomic mass is 10.2. The van der Waals surface area contributed by atoms with Crippen molar-refractivity contribution in [3.05, 3.63) is 0 Å². The number of hydrogen-bond donors (Lipinski definition) is 0. The van der Waals surface area contributed by atoms with E-state index in [2.05, 4.69) is 0 Å². The van der Waals surface area contributed by atoms with Crippen LogP contribution in [0.4, 0.5) is 13.2 Å². The van der Waals surface area contributed by atoms with Gasteiger partial charge in [-0.3, -0.25) is 4.79 Å². The molecule has 0 heterocycles. The number of hydrogen-bond acceptors (Lipinski definition) is 3. The third kappa shape index (κ3) is 9.62. The molecule has 0 bridgehead atoms. The molecule has 0 fully saturated rings. The van der Waals surface area contributed by atoms with Gasteiger partial charge in [0.15, 0.2) is 0 Å². The Labute approximate surface area is 111 Å². The predicted octanol–water partition coefficient (Wildman–Crippen LogP) is 4.18. The van der Waals surface area contributed by atoms with E-state index in [1.165, 1.54) is 0 Å². The normalized spacial score (nSPS) is 13.4. The minimum atomic E-state index is -4.16. The molecule has 0 aliphatic rings. The first-order chi connectivity index (χ1) is 8.40. The number of halogens is 3. The summed E-state index contributed by atoms with van der Waals surface area (Å²) >= 11 is 1.04.